The molecule has 1 heterocycles. The zero-order valence-corrected chi connectivity index (χ0v) is 14.5. The van der Waals surface area contributed by atoms with E-state index in [9.17, 15) is 19.5 Å². The summed E-state index contributed by atoms with van der Waals surface area (Å²) in [6, 6.07) is 1.68. The van der Waals surface area contributed by atoms with Crippen molar-refractivity contribution in [1.82, 2.24) is 5.32 Å². The van der Waals surface area contributed by atoms with Crippen LogP contribution in [0.5, 0.6) is 5.75 Å². The number of amides is 1. The van der Waals surface area contributed by atoms with E-state index in [0.29, 0.717) is 23.8 Å². The van der Waals surface area contributed by atoms with Gasteiger partial charge in [0.05, 0.1) is 17.0 Å². The van der Waals surface area contributed by atoms with Crippen LogP contribution in [0.4, 0.5) is 0 Å². The molecule has 1 unspecified atom stereocenters. The highest BCUT2D eigenvalue weighted by Crippen LogP contribution is 2.30. The second kappa shape index (κ2) is 7.57. The number of aryl methyl sites for hydroxylation is 1. The fourth-order valence-electron chi connectivity index (χ4n) is 2.55. The third-order valence-electron chi connectivity index (χ3n) is 3.90. The van der Waals surface area contributed by atoms with E-state index in [0.717, 1.165) is 0 Å². The Morgan fingerprint density at radius 1 is 1.36 bits per heavy atom. The summed E-state index contributed by atoms with van der Waals surface area (Å²) in [4.78, 5) is 35.4. The second-order valence-corrected chi connectivity index (χ2v) is 6.12. The molecule has 7 nitrogen and oxygen atoms in total. The van der Waals surface area contributed by atoms with Crippen molar-refractivity contribution in [1.29, 1.82) is 0 Å². The predicted molar refractivity (Wildman–Crippen MR) is 92.1 cm³/mol. The number of halogens is 1. The van der Waals surface area contributed by atoms with Crippen LogP contribution in [-0.2, 0) is 16.0 Å². The number of phenolic OH excluding ortho intramolecular Hbond substituents is 1. The summed E-state index contributed by atoms with van der Waals surface area (Å²) in [7, 11) is 0. The van der Waals surface area contributed by atoms with Crippen LogP contribution in [0.1, 0.15) is 30.9 Å². The lowest BCUT2D eigenvalue weighted by Gasteiger charge is -2.14. The summed E-state index contributed by atoms with van der Waals surface area (Å²) in [5, 5.41) is 21.7. The van der Waals surface area contributed by atoms with Crippen LogP contribution in [-0.4, -0.2) is 28.1 Å². The van der Waals surface area contributed by atoms with Crippen molar-refractivity contribution in [2.45, 2.75) is 39.2 Å². The van der Waals surface area contributed by atoms with E-state index in [1.807, 2.05) is 6.92 Å². The number of rotatable bonds is 6. The van der Waals surface area contributed by atoms with Gasteiger partial charge in [-0.05, 0) is 25.0 Å². The number of aliphatic carboxylic acids is 1. The van der Waals surface area contributed by atoms with Crippen molar-refractivity contribution in [2.75, 3.05) is 0 Å². The molecule has 2 aromatic rings. The minimum absolute atomic E-state index is 0.0914. The molecular formula is C17H18ClNO6. The minimum atomic E-state index is -1.13. The van der Waals surface area contributed by atoms with Gasteiger partial charge in [0.15, 0.2) is 0 Å². The van der Waals surface area contributed by atoms with Crippen molar-refractivity contribution in [3.63, 3.8) is 0 Å². The molecule has 3 N–H and O–H groups in total. The van der Waals surface area contributed by atoms with Gasteiger partial charge in [-0.3, -0.25) is 4.79 Å². The molecule has 2 rings (SSSR count). The monoisotopic (exact) mass is 367 g/mol. The number of hydrogen-bond acceptors (Lipinski definition) is 5. The molecule has 0 fully saturated rings. The molecule has 0 aliphatic carbocycles. The van der Waals surface area contributed by atoms with E-state index in [4.69, 9.17) is 21.1 Å². The first-order valence-electron chi connectivity index (χ1n) is 7.71. The predicted octanol–water partition coefficient (Wildman–Crippen LogP) is 2.37. The highest BCUT2D eigenvalue weighted by atomic mass is 35.5. The molecule has 0 bridgehead atoms. The van der Waals surface area contributed by atoms with Crippen LogP contribution in [0.15, 0.2) is 21.3 Å². The van der Waals surface area contributed by atoms with Crippen molar-refractivity contribution in [3.8, 4) is 5.75 Å². The van der Waals surface area contributed by atoms with Crippen LogP contribution in [0.3, 0.4) is 0 Å². The Morgan fingerprint density at radius 3 is 2.64 bits per heavy atom. The van der Waals surface area contributed by atoms with Crippen LogP contribution in [0, 0.1) is 6.92 Å². The number of nitrogens with one attached hydrogen (secondary N) is 1. The number of carboxylic acid groups (broad SMARTS) is 1. The van der Waals surface area contributed by atoms with E-state index in [2.05, 4.69) is 5.32 Å². The van der Waals surface area contributed by atoms with Gasteiger partial charge < -0.3 is 19.9 Å². The quantitative estimate of drug-likeness (QED) is 0.675. The Bertz CT molecular complexity index is 889. The van der Waals surface area contributed by atoms with Crippen molar-refractivity contribution >= 4 is 34.4 Å². The maximum absolute atomic E-state index is 12.2. The standard InChI is InChI=1S/C17H18ClNO6/c1-3-4-12(16(22)23)19-15(21)6-10-8(2)9-5-11(18)13(20)7-14(9)25-17(10)24/h5,7,12,20H,3-4,6H2,1-2H3,(H,19,21)(H,22,23). The third-order valence-corrected chi connectivity index (χ3v) is 4.21. The fourth-order valence-corrected chi connectivity index (χ4v) is 2.72. The number of carbonyl (C=O) groups excluding carboxylic acids is 1. The van der Waals surface area contributed by atoms with Crippen LogP contribution < -0.4 is 10.9 Å². The van der Waals surface area contributed by atoms with Crippen LogP contribution >= 0.6 is 11.6 Å². The Hall–Kier alpha value is -2.54. The summed E-state index contributed by atoms with van der Waals surface area (Å²) in [5.41, 5.74) is 0.0465. The third kappa shape index (κ3) is 4.11. The van der Waals surface area contributed by atoms with Gasteiger partial charge >= 0.3 is 11.6 Å². The summed E-state index contributed by atoms with van der Waals surface area (Å²) >= 11 is 5.88. The van der Waals surface area contributed by atoms with Gasteiger partial charge in [-0.2, -0.15) is 0 Å². The summed E-state index contributed by atoms with van der Waals surface area (Å²) in [5.74, 6) is -1.92. The molecule has 0 radical (unpaired) electrons. The van der Waals surface area contributed by atoms with E-state index < -0.39 is 23.5 Å². The molecule has 1 atom stereocenters. The summed E-state index contributed by atoms with van der Waals surface area (Å²) < 4.78 is 5.14. The average molecular weight is 368 g/mol. The van der Waals surface area contributed by atoms with Gasteiger partial charge in [0, 0.05) is 11.5 Å². The molecule has 8 heteroatoms. The van der Waals surface area contributed by atoms with Crippen molar-refractivity contribution in [3.05, 3.63) is 38.7 Å². The Morgan fingerprint density at radius 2 is 2.04 bits per heavy atom. The number of carbonyl (C=O) groups is 2. The van der Waals surface area contributed by atoms with E-state index in [-0.39, 0.29) is 28.3 Å². The molecule has 0 spiro atoms. The summed E-state index contributed by atoms with van der Waals surface area (Å²) in [6.07, 6.45) is 0.577. The number of carboxylic acids is 1. The van der Waals surface area contributed by atoms with Gasteiger partial charge in [-0.25, -0.2) is 9.59 Å². The average Bonchev–Trinajstić information content (AvgIpc) is 2.53. The normalized spacial score (nSPS) is 12.1. The van der Waals surface area contributed by atoms with Gasteiger partial charge in [0.1, 0.15) is 17.4 Å². The Labute approximate surface area is 148 Å². The molecule has 1 aromatic carbocycles. The topological polar surface area (TPSA) is 117 Å². The van der Waals surface area contributed by atoms with E-state index in [1.165, 1.54) is 12.1 Å². The molecule has 0 aliphatic rings. The lowest BCUT2D eigenvalue weighted by molar-refractivity contribution is -0.141. The molecule has 0 saturated carbocycles. The number of aromatic hydroxyl groups is 1. The van der Waals surface area contributed by atoms with Gasteiger partial charge in [-0.1, -0.05) is 24.9 Å². The lowest BCUT2D eigenvalue weighted by atomic mass is 10.0. The maximum atomic E-state index is 12.2. The molecule has 134 valence electrons. The highest BCUT2D eigenvalue weighted by molar-refractivity contribution is 6.32. The first-order valence-corrected chi connectivity index (χ1v) is 8.09. The van der Waals surface area contributed by atoms with Crippen LogP contribution in [0.25, 0.3) is 11.0 Å². The maximum Gasteiger partial charge on any atom is 0.340 e. The number of fused-ring (bicyclic) bond motifs is 1. The minimum Gasteiger partial charge on any atom is -0.506 e. The first kappa shape index (κ1) is 18.8. The van der Waals surface area contributed by atoms with Gasteiger partial charge in [0.25, 0.3) is 0 Å². The van der Waals surface area contributed by atoms with E-state index >= 15 is 0 Å². The Balaban J connectivity index is 2.35. The Kier molecular flexibility index (Phi) is 5.69. The molecule has 1 amide bonds. The van der Waals surface area contributed by atoms with Crippen molar-refractivity contribution in [2.24, 2.45) is 0 Å². The number of hydrogen-bond donors (Lipinski definition) is 3. The fraction of sp³-hybridized carbons (Fsp3) is 0.353. The second-order valence-electron chi connectivity index (χ2n) is 5.72. The molecule has 1 aromatic heterocycles. The smallest absolute Gasteiger partial charge is 0.340 e. The zero-order valence-electron chi connectivity index (χ0n) is 13.8. The number of benzene rings is 1. The molecular weight excluding hydrogens is 350 g/mol. The molecule has 25 heavy (non-hydrogen) atoms. The van der Waals surface area contributed by atoms with Crippen molar-refractivity contribution < 1.29 is 24.2 Å². The largest absolute Gasteiger partial charge is 0.506 e. The highest BCUT2D eigenvalue weighted by Gasteiger charge is 2.21. The zero-order chi connectivity index (χ0) is 18.7. The SMILES string of the molecule is CCCC(NC(=O)Cc1c(C)c2cc(Cl)c(O)cc2oc1=O)C(=O)O. The molecule has 0 saturated heterocycles. The lowest BCUT2D eigenvalue weighted by Crippen LogP contribution is -2.41. The van der Waals surface area contributed by atoms with E-state index in [1.54, 1.807) is 6.92 Å². The van der Waals surface area contributed by atoms with Gasteiger partial charge in [-0.15, -0.1) is 0 Å². The van der Waals surface area contributed by atoms with Gasteiger partial charge in [0.2, 0.25) is 5.91 Å². The van der Waals surface area contributed by atoms with Crippen LogP contribution in [0.2, 0.25) is 5.02 Å². The summed E-state index contributed by atoms with van der Waals surface area (Å²) in [6.45, 7) is 3.44. The molecule has 0 aliphatic heterocycles. The first-order chi connectivity index (χ1) is 11.7. The number of phenols is 1.